The summed E-state index contributed by atoms with van der Waals surface area (Å²) in [6.45, 7) is 0. The van der Waals surface area contributed by atoms with E-state index in [1.165, 1.54) is 0 Å². The van der Waals surface area contributed by atoms with Gasteiger partial charge in [-0.15, -0.1) is 0 Å². The van der Waals surface area contributed by atoms with Crippen LogP contribution < -0.4 is 5.32 Å². The maximum absolute atomic E-state index is 9.97. The third-order valence-corrected chi connectivity index (χ3v) is 4.28. The lowest BCUT2D eigenvalue weighted by Crippen LogP contribution is -2.36. The smallest absolute Gasteiger partial charge is 0.223 e. The number of nitrogens with one attached hydrogen (secondary N) is 1. The van der Waals surface area contributed by atoms with E-state index in [2.05, 4.69) is 42.9 Å². The number of aromatic nitrogens is 3. The van der Waals surface area contributed by atoms with E-state index < -0.39 is 0 Å². The van der Waals surface area contributed by atoms with Crippen LogP contribution in [0.3, 0.4) is 0 Å². The standard InChI is InChI=1S/C13H15IN4O/c14-9-7-15-5-8-6-16-13(18-12(8)9)17-10-3-1-2-4-11(10)19/h5-7,10-11,19H,1-4H2,(H,16,17,18)/t10-,11+/m0/s1. The van der Waals surface area contributed by atoms with Crippen LogP contribution >= 0.6 is 22.6 Å². The average Bonchev–Trinajstić information content (AvgIpc) is 2.42. The number of hydrogen-bond acceptors (Lipinski definition) is 5. The largest absolute Gasteiger partial charge is 0.391 e. The Hall–Kier alpha value is -1.02. The molecule has 2 aromatic rings. The summed E-state index contributed by atoms with van der Waals surface area (Å²) in [5, 5.41) is 14.2. The molecule has 0 radical (unpaired) electrons. The Bertz CT molecular complexity index is 592. The van der Waals surface area contributed by atoms with Gasteiger partial charge in [-0.3, -0.25) is 4.98 Å². The normalized spacial score (nSPS) is 23.5. The van der Waals surface area contributed by atoms with E-state index in [0.717, 1.165) is 40.2 Å². The van der Waals surface area contributed by atoms with Crippen LogP contribution in [0.2, 0.25) is 0 Å². The maximum Gasteiger partial charge on any atom is 0.223 e. The molecule has 1 fully saturated rings. The first-order valence-corrected chi connectivity index (χ1v) is 7.53. The molecule has 5 nitrogen and oxygen atoms in total. The number of aliphatic hydroxyl groups is 1. The van der Waals surface area contributed by atoms with Crippen LogP contribution in [-0.2, 0) is 0 Å². The molecule has 2 atom stereocenters. The number of nitrogens with zero attached hydrogens (tertiary/aromatic N) is 3. The first kappa shape index (κ1) is 13.0. The number of fused-ring (bicyclic) bond motifs is 1. The molecule has 2 N–H and O–H groups in total. The van der Waals surface area contributed by atoms with E-state index in [1.807, 2.05) is 0 Å². The van der Waals surface area contributed by atoms with E-state index in [-0.39, 0.29) is 12.1 Å². The second-order valence-corrected chi connectivity index (χ2v) is 6.02. The fraction of sp³-hybridized carbons (Fsp3) is 0.462. The zero-order valence-electron chi connectivity index (χ0n) is 10.4. The first-order chi connectivity index (χ1) is 9.24. The van der Waals surface area contributed by atoms with Gasteiger partial charge in [0.2, 0.25) is 5.95 Å². The van der Waals surface area contributed by atoms with Gasteiger partial charge in [-0.25, -0.2) is 9.97 Å². The van der Waals surface area contributed by atoms with Crippen molar-refractivity contribution in [2.45, 2.75) is 37.8 Å². The molecule has 100 valence electrons. The molecule has 0 spiro atoms. The molecule has 6 heteroatoms. The number of aliphatic hydroxyl groups excluding tert-OH is 1. The lowest BCUT2D eigenvalue weighted by atomic mass is 9.93. The SMILES string of the molecule is O[C@@H]1CCCC[C@@H]1Nc1ncc2cncc(I)c2n1. The van der Waals surface area contributed by atoms with Gasteiger partial charge in [0.05, 0.1) is 21.2 Å². The molecule has 0 saturated heterocycles. The van der Waals surface area contributed by atoms with Gasteiger partial charge >= 0.3 is 0 Å². The quantitative estimate of drug-likeness (QED) is 0.795. The highest BCUT2D eigenvalue weighted by Crippen LogP contribution is 2.22. The van der Waals surface area contributed by atoms with Crippen molar-refractivity contribution in [1.29, 1.82) is 0 Å². The van der Waals surface area contributed by atoms with Crippen LogP contribution in [0.25, 0.3) is 10.9 Å². The van der Waals surface area contributed by atoms with E-state index in [9.17, 15) is 5.11 Å². The Labute approximate surface area is 125 Å². The molecule has 0 bridgehead atoms. The number of rotatable bonds is 2. The Balaban J connectivity index is 1.86. The monoisotopic (exact) mass is 370 g/mol. The van der Waals surface area contributed by atoms with Crippen LogP contribution in [0, 0.1) is 3.57 Å². The van der Waals surface area contributed by atoms with Crippen LogP contribution in [-0.4, -0.2) is 32.2 Å². The number of anilines is 1. The summed E-state index contributed by atoms with van der Waals surface area (Å²) in [5.41, 5.74) is 0.901. The molecule has 0 unspecified atom stereocenters. The van der Waals surface area contributed by atoms with Gasteiger partial charge in [0.25, 0.3) is 0 Å². The molecule has 0 amide bonds. The Morgan fingerprint density at radius 1 is 1.21 bits per heavy atom. The predicted octanol–water partition coefficient (Wildman–Crippen LogP) is 2.34. The lowest BCUT2D eigenvalue weighted by Gasteiger charge is -2.28. The summed E-state index contributed by atoms with van der Waals surface area (Å²) in [6.07, 6.45) is 9.08. The summed E-state index contributed by atoms with van der Waals surface area (Å²) in [7, 11) is 0. The van der Waals surface area contributed by atoms with Gasteiger partial charge in [-0.2, -0.15) is 0 Å². The highest BCUT2D eigenvalue weighted by molar-refractivity contribution is 14.1. The number of hydrogen-bond donors (Lipinski definition) is 2. The summed E-state index contributed by atoms with van der Waals surface area (Å²) in [6, 6.07) is 0.0608. The van der Waals surface area contributed by atoms with Gasteiger partial charge in [0, 0.05) is 24.0 Å². The van der Waals surface area contributed by atoms with Crippen LogP contribution in [0.15, 0.2) is 18.6 Å². The first-order valence-electron chi connectivity index (χ1n) is 6.45. The van der Waals surface area contributed by atoms with Gasteiger partial charge in [0.15, 0.2) is 0 Å². The van der Waals surface area contributed by atoms with E-state index in [4.69, 9.17) is 0 Å². The molecule has 2 heterocycles. The van der Waals surface area contributed by atoms with Crippen molar-refractivity contribution in [3.05, 3.63) is 22.2 Å². The molecule has 19 heavy (non-hydrogen) atoms. The fourth-order valence-electron chi connectivity index (χ4n) is 2.44. The molecule has 1 saturated carbocycles. The summed E-state index contributed by atoms with van der Waals surface area (Å²) < 4.78 is 1.00. The van der Waals surface area contributed by atoms with Gasteiger partial charge in [-0.1, -0.05) is 12.8 Å². The number of halogens is 1. The van der Waals surface area contributed by atoms with Crippen LogP contribution in [0.5, 0.6) is 0 Å². The second kappa shape index (κ2) is 5.54. The minimum Gasteiger partial charge on any atom is -0.391 e. The molecule has 0 aliphatic heterocycles. The van der Waals surface area contributed by atoms with Crippen molar-refractivity contribution in [3.8, 4) is 0 Å². The predicted molar refractivity (Wildman–Crippen MR) is 81.9 cm³/mol. The molecule has 0 aromatic carbocycles. The molecular weight excluding hydrogens is 355 g/mol. The van der Waals surface area contributed by atoms with Gasteiger partial charge in [-0.05, 0) is 35.4 Å². The van der Waals surface area contributed by atoms with Crippen molar-refractivity contribution < 1.29 is 5.11 Å². The highest BCUT2D eigenvalue weighted by atomic mass is 127. The van der Waals surface area contributed by atoms with E-state index in [1.54, 1.807) is 18.6 Å². The summed E-state index contributed by atoms with van der Waals surface area (Å²) in [4.78, 5) is 12.9. The minimum absolute atomic E-state index is 0.0608. The maximum atomic E-state index is 9.97. The summed E-state index contributed by atoms with van der Waals surface area (Å²) >= 11 is 2.22. The molecule has 2 aromatic heterocycles. The van der Waals surface area contributed by atoms with Crippen LogP contribution in [0.1, 0.15) is 25.7 Å². The zero-order valence-corrected chi connectivity index (χ0v) is 12.5. The van der Waals surface area contributed by atoms with Gasteiger partial charge in [0.1, 0.15) is 0 Å². The molecule has 1 aliphatic carbocycles. The Morgan fingerprint density at radius 2 is 2.05 bits per heavy atom. The number of pyridine rings is 1. The topological polar surface area (TPSA) is 70.9 Å². The lowest BCUT2D eigenvalue weighted by molar-refractivity contribution is 0.116. The average molecular weight is 370 g/mol. The van der Waals surface area contributed by atoms with E-state index in [0.29, 0.717) is 5.95 Å². The Morgan fingerprint density at radius 3 is 2.89 bits per heavy atom. The third-order valence-electron chi connectivity index (χ3n) is 3.49. The molecule has 3 rings (SSSR count). The minimum atomic E-state index is -0.301. The summed E-state index contributed by atoms with van der Waals surface area (Å²) in [5.74, 6) is 0.586. The highest BCUT2D eigenvalue weighted by Gasteiger charge is 2.23. The van der Waals surface area contributed by atoms with E-state index >= 15 is 0 Å². The van der Waals surface area contributed by atoms with Crippen molar-refractivity contribution in [3.63, 3.8) is 0 Å². The zero-order chi connectivity index (χ0) is 13.2. The molecule has 1 aliphatic rings. The van der Waals surface area contributed by atoms with Crippen LogP contribution in [0.4, 0.5) is 5.95 Å². The van der Waals surface area contributed by atoms with Crippen molar-refractivity contribution in [2.24, 2.45) is 0 Å². The van der Waals surface area contributed by atoms with Crippen molar-refractivity contribution >= 4 is 39.4 Å². The van der Waals surface area contributed by atoms with Gasteiger partial charge < -0.3 is 10.4 Å². The Kier molecular flexibility index (Phi) is 3.79. The van der Waals surface area contributed by atoms with Crippen molar-refractivity contribution in [1.82, 2.24) is 15.0 Å². The van der Waals surface area contributed by atoms with Crippen molar-refractivity contribution in [2.75, 3.05) is 5.32 Å². The third kappa shape index (κ3) is 2.79. The molecular formula is C13H15IN4O. The fourth-order valence-corrected chi connectivity index (χ4v) is 3.03. The second-order valence-electron chi connectivity index (χ2n) is 4.86.